The summed E-state index contributed by atoms with van der Waals surface area (Å²) in [5.41, 5.74) is 0. The topological polar surface area (TPSA) is 32.3 Å². The van der Waals surface area contributed by atoms with Crippen molar-refractivity contribution in [3.8, 4) is 0 Å². The van der Waals surface area contributed by atoms with Gasteiger partial charge in [-0.15, -0.1) is 0 Å². The Balaban J connectivity index is 2.54. The standard InChI is InChI=1S/C11H22N2O/c1-9(2)8-13-6-4-5-12-7-10(3)11(13)14/h9-10,12H,4-8H2,1-3H3. The molecule has 0 bridgehead atoms. The molecule has 1 amide bonds. The van der Waals surface area contributed by atoms with Gasteiger partial charge < -0.3 is 10.2 Å². The fourth-order valence-electron chi connectivity index (χ4n) is 1.84. The predicted octanol–water partition coefficient (Wildman–Crippen LogP) is 1.10. The van der Waals surface area contributed by atoms with E-state index in [0.717, 1.165) is 32.6 Å². The van der Waals surface area contributed by atoms with E-state index in [2.05, 4.69) is 19.2 Å². The molecule has 3 nitrogen and oxygen atoms in total. The van der Waals surface area contributed by atoms with Crippen molar-refractivity contribution >= 4 is 5.91 Å². The number of carbonyl (C=O) groups excluding carboxylic acids is 1. The van der Waals surface area contributed by atoms with Crippen molar-refractivity contribution in [1.29, 1.82) is 0 Å². The zero-order valence-corrected chi connectivity index (χ0v) is 9.55. The van der Waals surface area contributed by atoms with Crippen molar-refractivity contribution in [2.45, 2.75) is 27.2 Å². The number of hydrogen-bond acceptors (Lipinski definition) is 2. The molecule has 0 aromatic carbocycles. The Labute approximate surface area is 86.9 Å². The smallest absolute Gasteiger partial charge is 0.226 e. The largest absolute Gasteiger partial charge is 0.342 e. The van der Waals surface area contributed by atoms with Crippen LogP contribution in [0.3, 0.4) is 0 Å². The minimum absolute atomic E-state index is 0.133. The van der Waals surface area contributed by atoms with Gasteiger partial charge in [0.2, 0.25) is 5.91 Å². The van der Waals surface area contributed by atoms with Crippen molar-refractivity contribution in [3.05, 3.63) is 0 Å². The molecule has 1 saturated heterocycles. The minimum Gasteiger partial charge on any atom is -0.342 e. The summed E-state index contributed by atoms with van der Waals surface area (Å²) in [5, 5.41) is 3.29. The Morgan fingerprint density at radius 3 is 2.93 bits per heavy atom. The van der Waals surface area contributed by atoms with E-state index in [1.807, 2.05) is 11.8 Å². The van der Waals surface area contributed by atoms with Gasteiger partial charge in [-0.2, -0.15) is 0 Å². The lowest BCUT2D eigenvalue weighted by molar-refractivity contribution is -0.135. The second-order valence-electron chi connectivity index (χ2n) is 4.64. The fraction of sp³-hybridized carbons (Fsp3) is 0.909. The first-order valence-corrected chi connectivity index (χ1v) is 5.60. The number of nitrogens with zero attached hydrogens (tertiary/aromatic N) is 1. The van der Waals surface area contributed by atoms with Crippen LogP contribution in [0.5, 0.6) is 0 Å². The number of carbonyl (C=O) groups is 1. The van der Waals surface area contributed by atoms with Crippen molar-refractivity contribution in [2.24, 2.45) is 11.8 Å². The van der Waals surface area contributed by atoms with Crippen LogP contribution < -0.4 is 5.32 Å². The molecule has 14 heavy (non-hydrogen) atoms. The third-order valence-corrected chi connectivity index (χ3v) is 2.55. The Morgan fingerprint density at radius 1 is 1.57 bits per heavy atom. The zero-order chi connectivity index (χ0) is 10.6. The van der Waals surface area contributed by atoms with E-state index in [1.54, 1.807) is 0 Å². The Hall–Kier alpha value is -0.570. The van der Waals surface area contributed by atoms with Crippen LogP contribution in [0.15, 0.2) is 0 Å². The summed E-state index contributed by atoms with van der Waals surface area (Å²) in [6.07, 6.45) is 1.07. The van der Waals surface area contributed by atoms with Gasteiger partial charge in [-0.3, -0.25) is 4.79 Å². The molecule has 1 heterocycles. The summed E-state index contributed by atoms with van der Waals surface area (Å²) >= 11 is 0. The van der Waals surface area contributed by atoms with Crippen LogP contribution in [0.25, 0.3) is 0 Å². The lowest BCUT2D eigenvalue weighted by Gasteiger charge is -2.29. The molecule has 1 fully saturated rings. The van der Waals surface area contributed by atoms with Gasteiger partial charge in [0.05, 0.1) is 0 Å². The molecule has 0 radical (unpaired) electrons. The van der Waals surface area contributed by atoms with Crippen LogP contribution in [0, 0.1) is 11.8 Å². The summed E-state index contributed by atoms with van der Waals surface area (Å²) in [6, 6.07) is 0. The number of hydrogen-bond donors (Lipinski definition) is 1. The first-order valence-electron chi connectivity index (χ1n) is 5.60. The Morgan fingerprint density at radius 2 is 2.29 bits per heavy atom. The van der Waals surface area contributed by atoms with Gasteiger partial charge in [0.25, 0.3) is 0 Å². The first kappa shape index (κ1) is 11.5. The molecular weight excluding hydrogens is 176 g/mol. The average molecular weight is 198 g/mol. The van der Waals surface area contributed by atoms with Crippen LogP contribution in [0.2, 0.25) is 0 Å². The maximum atomic E-state index is 11.9. The number of nitrogens with one attached hydrogen (secondary N) is 1. The lowest BCUT2D eigenvalue weighted by atomic mass is 10.1. The first-order chi connectivity index (χ1) is 6.61. The second-order valence-corrected chi connectivity index (χ2v) is 4.64. The molecule has 1 atom stereocenters. The summed E-state index contributed by atoms with van der Waals surface area (Å²) in [5.74, 6) is 1.01. The van der Waals surface area contributed by atoms with Crippen molar-refractivity contribution < 1.29 is 4.79 Å². The number of amides is 1. The molecule has 0 aromatic heterocycles. The normalized spacial score (nSPS) is 25.0. The van der Waals surface area contributed by atoms with E-state index in [1.165, 1.54) is 0 Å². The monoisotopic (exact) mass is 198 g/mol. The van der Waals surface area contributed by atoms with Gasteiger partial charge in [-0.05, 0) is 18.9 Å². The highest BCUT2D eigenvalue weighted by molar-refractivity contribution is 5.78. The molecule has 1 aliphatic rings. The molecule has 0 saturated carbocycles. The van der Waals surface area contributed by atoms with Gasteiger partial charge in [-0.1, -0.05) is 20.8 Å². The van der Waals surface area contributed by atoms with E-state index in [4.69, 9.17) is 0 Å². The second kappa shape index (κ2) is 5.35. The molecule has 1 aliphatic heterocycles. The van der Waals surface area contributed by atoms with Gasteiger partial charge in [-0.25, -0.2) is 0 Å². The molecule has 1 N–H and O–H groups in total. The highest BCUT2D eigenvalue weighted by Gasteiger charge is 2.22. The van der Waals surface area contributed by atoms with Crippen LogP contribution in [-0.2, 0) is 4.79 Å². The number of rotatable bonds is 2. The van der Waals surface area contributed by atoms with E-state index < -0.39 is 0 Å². The van der Waals surface area contributed by atoms with Crippen molar-refractivity contribution in [3.63, 3.8) is 0 Å². The van der Waals surface area contributed by atoms with Crippen LogP contribution >= 0.6 is 0 Å². The highest BCUT2D eigenvalue weighted by atomic mass is 16.2. The predicted molar refractivity (Wildman–Crippen MR) is 58.1 cm³/mol. The van der Waals surface area contributed by atoms with Crippen molar-refractivity contribution in [2.75, 3.05) is 26.2 Å². The summed E-state index contributed by atoms with van der Waals surface area (Å²) in [6.45, 7) is 10.0. The SMILES string of the molecule is CC(C)CN1CCCNCC(C)C1=O. The molecule has 1 unspecified atom stereocenters. The minimum atomic E-state index is 0.133. The summed E-state index contributed by atoms with van der Waals surface area (Å²) < 4.78 is 0. The maximum Gasteiger partial charge on any atom is 0.226 e. The molecule has 82 valence electrons. The average Bonchev–Trinajstić information content (AvgIpc) is 2.11. The van der Waals surface area contributed by atoms with Gasteiger partial charge >= 0.3 is 0 Å². The molecule has 3 heteroatoms. The Kier molecular flexibility index (Phi) is 4.39. The molecule has 1 rings (SSSR count). The Bertz CT molecular complexity index is 192. The van der Waals surface area contributed by atoms with Gasteiger partial charge in [0.1, 0.15) is 0 Å². The van der Waals surface area contributed by atoms with E-state index in [-0.39, 0.29) is 5.92 Å². The summed E-state index contributed by atoms with van der Waals surface area (Å²) in [4.78, 5) is 13.9. The van der Waals surface area contributed by atoms with Crippen molar-refractivity contribution in [1.82, 2.24) is 10.2 Å². The van der Waals surface area contributed by atoms with Crippen LogP contribution in [0.1, 0.15) is 27.2 Å². The van der Waals surface area contributed by atoms with E-state index in [9.17, 15) is 4.79 Å². The lowest BCUT2D eigenvalue weighted by Crippen LogP contribution is -2.44. The van der Waals surface area contributed by atoms with Crippen LogP contribution in [-0.4, -0.2) is 37.0 Å². The maximum absolute atomic E-state index is 11.9. The van der Waals surface area contributed by atoms with Gasteiger partial charge in [0.15, 0.2) is 0 Å². The van der Waals surface area contributed by atoms with E-state index in [0.29, 0.717) is 11.8 Å². The quantitative estimate of drug-likeness (QED) is 0.720. The fourth-order valence-corrected chi connectivity index (χ4v) is 1.84. The third-order valence-electron chi connectivity index (χ3n) is 2.55. The molecule has 0 aliphatic carbocycles. The molecular formula is C11H22N2O. The zero-order valence-electron chi connectivity index (χ0n) is 9.55. The van der Waals surface area contributed by atoms with E-state index >= 15 is 0 Å². The third kappa shape index (κ3) is 3.29. The molecule has 0 spiro atoms. The van der Waals surface area contributed by atoms with Gasteiger partial charge in [0, 0.05) is 25.6 Å². The molecule has 0 aromatic rings. The highest BCUT2D eigenvalue weighted by Crippen LogP contribution is 2.08. The van der Waals surface area contributed by atoms with Crippen LogP contribution in [0.4, 0.5) is 0 Å². The summed E-state index contributed by atoms with van der Waals surface area (Å²) in [7, 11) is 0.